The summed E-state index contributed by atoms with van der Waals surface area (Å²) >= 11 is 17.9. The van der Waals surface area contributed by atoms with Crippen LogP contribution in [0.15, 0.2) is 66.9 Å². The highest BCUT2D eigenvalue weighted by atomic mass is 35.5. The number of benzene rings is 2. The van der Waals surface area contributed by atoms with Crippen LogP contribution in [-0.4, -0.2) is 42.1 Å². The number of halogens is 3. The minimum Gasteiger partial charge on any atom is -0.368 e. The van der Waals surface area contributed by atoms with Gasteiger partial charge in [-0.3, -0.25) is 4.90 Å². The lowest BCUT2D eigenvalue weighted by Crippen LogP contribution is -2.46. The van der Waals surface area contributed by atoms with Gasteiger partial charge in [0, 0.05) is 55.0 Å². The molecule has 1 aromatic heterocycles. The SMILES string of the molecule is CC(C)Nc1ccc(CN2CCN(c3ccc(Cl)cc3Cl)CC2)cn1.Clc1ccccc1. The van der Waals surface area contributed by atoms with Crippen LogP contribution in [0.4, 0.5) is 11.5 Å². The summed E-state index contributed by atoms with van der Waals surface area (Å²) < 4.78 is 0. The second-order valence-corrected chi connectivity index (χ2v) is 9.29. The molecule has 1 N–H and O–H groups in total. The third-order valence-corrected chi connectivity index (χ3v) is 5.81. The van der Waals surface area contributed by atoms with Gasteiger partial charge >= 0.3 is 0 Å². The summed E-state index contributed by atoms with van der Waals surface area (Å²) in [6.07, 6.45) is 1.97. The van der Waals surface area contributed by atoms with Gasteiger partial charge in [-0.1, -0.05) is 59.1 Å². The molecule has 7 heteroatoms. The maximum Gasteiger partial charge on any atom is 0.126 e. The molecular formula is C25H29Cl3N4. The van der Waals surface area contributed by atoms with E-state index in [1.165, 1.54) is 5.56 Å². The lowest BCUT2D eigenvalue weighted by atomic mass is 10.2. The molecule has 0 aliphatic carbocycles. The summed E-state index contributed by atoms with van der Waals surface area (Å²) in [4.78, 5) is 9.26. The first-order valence-corrected chi connectivity index (χ1v) is 11.9. The van der Waals surface area contributed by atoms with E-state index < -0.39 is 0 Å². The summed E-state index contributed by atoms with van der Waals surface area (Å²) in [6.45, 7) is 9.08. The molecule has 0 amide bonds. The van der Waals surface area contributed by atoms with Crippen molar-refractivity contribution in [2.75, 3.05) is 36.4 Å². The van der Waals surface area contributed by atoms with Crippen LogP contribution in [0.1, 0.15) is 19.4 Å². The Balaban J connectivity index is 0.000000352. The summed E-state index contributed by atoms with van der Waals surface area (Å²) in [7, 11) is 0. The molecule has 3 aromatic rings. The van der Waals surface area contributed by atoms with Crippen molar-refractivity contribution in [3.63, 3.8) is 0 Å². The number of nitrogens with one attached hydrogen (secondary N) is 1. The Morgan fingerprint density at radius 1 is 0.875 bits per heavy atom. The first kappa shape index (κ1) is 24.7. The molecule has 0 atom stereocenters. The summed E-state index contributed by atoms with van der Waals surface area (Å²) in [6, 6.07) is 19.8. The smallest absolute Gasteiger partial charge is 0.126 e. The van der Waals surface area contributed by atoms with Crippen LogP contribution in [0.2, 0.25) is 15.1 Å². The lowest BCUT2D eigenvalue weighted by Gasteiger charge is -2.36. The second kappa shape index (κ2) is 12.3. The molecule has 2 heterocycles. The molecule has 170 valence electrons. The zero-order valence-electron chi connectivity index (χ0n) is 18.4. The average molecular weight is 492 g/mol. The van der Waals surface area contributed by atoms with Gasteiger partial charge in [0.2, 0.25) is 0 Å². The van der Waals surface area contributed by atoms with Crippen molar-refractivity contribution in [1.29, 1.82) is 0 Å². The Morgan fingerprint density at radius 2 is 1.59 bits per heavy atom. The predicted octanol–water partition coefficient (Wildman–Crippen LogP) is 6.87. The van der Waals surface area contributed by atoms with Gasteiger partial charge in [0.15, 0.2) is 0 Å². The van der Waals surface area contributed by atoms with E-state index in [0.29, 0.717) is 11.1 Å². The quantitative estimate of drug-likeness (QED) is 0.422. The van der Waals surface area contributed by atoms with E-state index in [1.54, 1.807) is 0 Å². The third kappa shape index (κ3) is 7.86. The minimum atomic E-state index is 0.395. The molecule has 1 saturated heterocycles. The number of anilines is 2. The molecule has 2 aromatic carbocycles. The highest BCUT2D eigenvalue weighted by molar-refractivity contribution is 6.36. The summed E-state index contributed by atoms with van der Waals surface area (Å²) in [5, 5.41) is 5.51. The van der Waals surface area contributed by atoms with Crippen LogP contribution in [0, 0.1) is 0 Å². The first-order valence-electron chi connectivity index (χ1n) is 10.7. The van der Waals surface area contributed by atoms with Crippen molar-refractivity contribution in [1.82, 2.24) is 9.88 Å². The van der Waals surface area contributed by atoms with E-state index in [1.807, 2.05) is 54.7 Å². The molecule has 0 saturated carbocycles. The molecule has 0 unspecified atom stereocenters. The van der Waals surface area contributed by atoms with Gasteiger partial charge in [0.05, 0.1) is 10.7 Å². The highest BCUT2D eigenvalue weighted by Gasteiger charge is 2.19. The van der Waals surface area contributed by atoms with Crippen molar-refractivity contribution in [3.8, 4) is 0 Å². The number of piperazine rings is 1. The van der Waals surface area contributed by atoms with Crippen LogP contribution in [-0.2, 0) is 6.54 Å². The van der Waals surface area contributed by atoms with E-state index in [9.17, 15) is 0 Å². The molecule has 4 rings (SSSR count). The number of hydrogen-bond donors (Lipinski definition) is 1. The number of rotatable bonds is 5. The zero-order valence-corrected chi connectivity index (χ0v) is 20.7. The Kier molecular flexibility index (Phi) is 9.49. The van der Waals surface area contributed by atoms with Gasteiger partial charge in [-0.2, -0.15) is 0 Å². The number of nitrogens with zero attached hydrogens (tertiary/aromatic N) is 3. The van der Waals surface area contributed by atoms with E-state index in [4.69, 9.17) is 34.8 Å². The Morgan fingerprint density at radius 3 is 2.12 bits per heavy atom. The van der Waals surface area contributed by atoms with Crippen molar-refractivity contribution < 1.29 is 0 Å². The molecule has 4 nitrogen and oxygen atoms in total. The van der Waals surface area contributed by atoms with E-state index in [2.05, 4.69) is 46.1 Å². The molecular weight excluding hydrogens is 463 g/mol. The molecule has 0 spiro atoms. The highest BCUT2D eigenvalue weighted by Crippen LogP contribution is 2.29. The van der Waals surface area contributed by atoms with E-state index >= 15 is 0 Å². The largest absolute Gasteiger partial charge is 0.368 e. The zero-order chi connectivity index (χ0) is 22.9. The molecule has 1 fully saturated rings. The van der Waals surface area contributed by atoms with Crippen molar-refractivity contribution in [3.05, 3.63) is 87.5 Å². The summed E-state index contributed by atoms with van der Waals surface area (Å²) in [5.74, 6) is 0.931. The second-order valence-electron chi connectivity index (χ2n) is 8.01. The molecule has 32 heavy (non-hydrogen) atoms. The summed E-state index contributed by atoms with van der Waals surface area (Å²) in [5.41, 5.74) is 2.31. The fourth-order valence-electron chi connectivity index (χ4n) is 3.46. The fourth-order valence-corrected chi connectivity index (χ4v) is 4.13. The van der Waals surface area contributed by atoms with Crippen LogP contribution < -0.4 is 10.2 Å². The predicted molar refractivity (Wildman–Crippen MR) is 138 cm³/mol. The van der Waals surface area contributed by atoms with Gasteiger partial charge in [-0.25, -0.2) is 4.98 Å². The van der Waals surface area contributed by atoms with Crippen LogP contribution in [0.3, 0.4) is 0 Å². The number of hydrogen-bond acceptors (Lipinski definition) is 4. The van der Waals surface area contributed by atoms with Gasteiger partial charge in [0.1, 0.15) is 5.82 Å². The van der Waals surface area contributed by atoms with Gasteiger partial charge in [-0.05, 0) is 55.8 Å². The fraction of sp³-hybridized carbons (Fsp3) is 0.320. The number of pyridine rings is 1. The monoisotopic (exact) mass is 490 g/mol. The maximum atomic E-state index is 6.33. The van der Waals surface area contributed by atoms with Crippen LogP contribution in [0.5, 0.6) is 0 Å². The standard InChI is InChI=1S/C19H24Cl2N4.C6H5Cl/c1-14(2)23-19-6-3-15(12-22-19)13-24-7-9-25(10-8-24)18-5-4-16(20)11-17(18)21;7-6-4-2-1-3-5-6/h3-6,11-12,14H,7-10,13H2,1-2H3,(H,22,23);1-5H. The van der Waals surface area contributed by atoms with Crippen molar-refractivity contribution >= 4 is 46.3 Å². The van der Waals surface area contributed by atoms with Crippen molar-refractivity contribution in [2.24, 2.45) is 0 Å². The average Bonchev–Trinajstić information content (AvgIpc) is 2.77. The van der Waals surface area contributed by atoms with Crippen molar-refractivity contribution in [2.45, 2.75) is 26.4 Å². The van der Waals surface area contributed by atoms with E-state index in [0.717, 1.165) is 54.3 Å². The van der Waals surface area contributed by atoms with Crippen LogP contribution >= 0.6 is 34.8 Å². The van der Waals surface area contributed by atoms with Gasteiger partial charge in [-0.15, -0.1) is 0 Å². The molecule has 1 aliphatic rings. The maximum absolute atomic E-state index is 6.33. The Labute approximate surface area is 206 Å². The van der Waals surface area contributed by atoms with E-state index in [-0.39, 0.29) is 0 Å². The van der Waals surface area contributed by atoms with Crippen LogP contribution in [0.25, 0.3) is 0 Å². The third-order valence-electron chi connectivity index (χ3n) is 5.02. The lowest BCUT2D eigenvalue weighted by molar-refractivity contribution is 0.249. The first-order chi connectivity index (χ1) is 15.4. The number of aromatic nitrogens is 1. The molecule has 0 radical (unpaired) electrons. The minimum absolute atomic E-state index is 0.395. The van der Waals surface area contributed by atoms with Gasteiger partial charge in [0.25, 0.3) is 0 Å². The molecule has 1 aliphatic heterocycles. The normalized spacial score (nSPS) is 14.1. The topological polar surface area (TPSA) is 31.4 Å². The molecule has 0 bridgehead atoms. The Hall–Kier alpha value is -1.98. The van der Waals surface area contributed by atoms with Gasteiger partial charge < -0.3 is 10.2 Å². The Bertz CT molecular complexity index is 957.